The highest BCUT2D eigenvalue weighted by atomic mass is 16.2. The third-order valence-corrected chi connectivity index (χ3v) is 4.09. The Morgan fingerprint density at radius 2 is 2.15 bits per heavy atom. The fraction of sp³-hybridized carbons (Fsp3) is 0.235. The highest BCUT2D eigenvalue weighted by Gasteiger charge is 2.15. The van der Waals surface area contributed by atoms with Gasteiger partial charge in [0, 0.05) is 24.0 Å². The molecule has 132 valence electrons. The second-order valence-electron chi connectivity index (χ2n) is 5.75. The molecule has 0 radical (unpaired) electrons. The number of carbonyl (C=O) groups excluding carboxylic acids is 2. The van der Waals surface area contributed by atoms with Gasteiger partial charge in [0.05, 0.1) is 6.20 Å². The van der Waals surface area contributed by atoms with Gasteiger partial charge in [-0.15, -0.1) is 0 Å². The zero-order chi connectivity index (χ0) is 18.7. The van der Waals surface area contributed by atoms with E-state index in [1.54, 1.807) is 22.8 Å². The van der Waals surface area contributed by atoms with E-state index in [9.17, 15) is 9.59 Å². The van der Waals surface area contributed by atoms with Gasteiger partial charge in [-0.2, -0.15) is 10.4 Å². The van der Waals surface area contributed by atoms with Crippen molar-refractivity contribution >= 4 is 17.5 Å². The van der Waals surface area contributed by atoms with Crippen LogP contribution in [0.5, 0.6) is 0 Å². The van der Waals surface area contributed by atoms with E-state index in [-0.39, 0.29) is 12.3 Å². The van der Waals surface area contributed by atoms with Gasteiger partial charge in [-0.05, 0) is 38.0 Å². The normalized spacial score (nSPS) is 10.5. The lowest BCUT2D eigenvalue weighted by Crippen LogP contribution is -2.41. The Kier molecular flexibility index (Phi) is 4.66. The predicted octanol–water partition coefficient (Wildman–Crippen LogP) is 0.940. The Morgan fingerprint density at radius 3 is 2.85 bits per heavy atom. The molecule has 3 aromatic heterocycles. The molecule has 0 saturated carbocycles. The molecule has 0 aliphatic rings. The van der Waals surface area contributed by atoms with Crippen LogP contribution in [0, 0.1) is 25.2 Å². The molecule has 26 heavy (non-hydrogen) atoms. The molecule has 3 aromatic rings. The van der Waals surface area contributed by atoms with Crippen LogP contribution in [0.4, 0.5) is 0 Å². The third-order valence-electron chi connectivity index (χ3n) is 4.09. The standard InChI is InChI=1S/C17H17N7O2/c1-10-13(11(2)24-16(21-10)12(8-18)9-20-24)5-6-15(25)22-23-17(26)14-4-3-7-19-14/h3-4,7,9,19H,5-6H2,1-2H3,(H,22,25)(H,23,26). The van der Waals surface area contributed by atoms with Crippen molar-refractivity contribution in [3.8, 4) is 6.07 Å². The van der Waals surface area contributed by atoms with Crippen molar-refractivity contribution in [3.63, 3.8) is 0 Å². The molecule has 3 heterocycles. The molecule has 3 N–H and O–H groups in total. The molecule has 0 bridgehead atoms. The lowest BCUT2D eigenvalue weighted by atomic mass is 10.1. The lowest BCUT2D eigenvalue weighted by molar-refractivity contribution is -0.121. The molecule has 0 aliphatic carbocycles. The van der Waals surface area contributed by atoms with Crippen molar-refractivity contribution in [1.82, 2.24) is 30.4 Å². The maximum absolute atomic E-state index is 12.0. The average molecular weight is 351 g/mol. The first-order chi connectivity index (χ1) is 12.5. The summed E-state index contributed by atoms with van der Waals surface area (Å²) in [4.78, 5) is 30.9. The van der Waals surface area contributed by atoms with Crippen LogP contribution >= 0.6 is 0 Å². The van der Waals surface area contributed by atoms with Crippen LogP contribution in [0.1, 0.15) is 39.4 Å². The number of hydrazine groups is 1. The van der Waals surface area contributed by atoms with Crippen LogP contribution in [-0.2, 0) is 11.2 Å². The minimum Gasteiger partial charge on any atom is -0.357 e. The second-order valence-corrected chi connectivity index (χ2v) is 5.75. The molecule has 2 amide bonds. The Labute approximate surface area is 149 Å². The van der Waals surface area contributed by atoms with Crippen molar-refractivity contribution in [3.05, 3.63) is 52.7 Å². The molecule has 0 fully saturated rings. The number of rotatable bonds is 4. The number of aromatic amines is 1. The topological polar surface area (TPSA) is 128 Å². The number of fused-ring (bicyclic) bond motifs is 1. The minimum atomic E-state index is -0.417. The van der Waals surface area contributed by atoms with Gasteiger partial charge in [-0.25, -0.2) is 9.50 Å². The summed E-state index contributed by atoms with van der Waals surface area (Å²) in [5.74, 6) is -0.735. The molecular formula is C17H17N7O2. The number of hydrogen-bond donors (Lipinski definition) is 3. The van der Waals surface area contributed by atoms with Crippen molar-refractivity contribution in [2.24, 2.45) is 0 Å². The molecule has 3 rings (SSSR count). The zero-order valence-electron chi connectivity index (χ0n) is 14.3. The Bertz CT molecular complexity index is 1010. The average Bonchev–Trinajstić information content (AvgIpc) is 3.29. The van der Waals surface area contributed by atoms with Crippen LogP contribution in [0.25, 0.3) is 5.65 Å². The van der Waals surface area contributed by atoms with Gasteiger partial charge in [0.2, 0.25) is 5.91 Å². The lowest BCUT2D eigenvalue weighted by Gasteiger charge is -2.11. The Hall–Kier alpha value is -3.67. The molecule has 0 aromatic carbocycles. The van der Waals surface area contributed by atoms with Crippen LogP contribution < -0.4 is 10.9 Å². The smallest absolute Gasteiger partial charge is 0.286 e. The number of aromatic nitrogens is 4. The van der Waals surface area contributed by atoms with Crippen LogP contribution in [0.3, 0.4) is 0 Å². The van der Waals surface area contributed by atoms with Crippen LogP contribution in [-0.4, -0.2) is 31.4 Å². The summed E-state index contributed by atoms with van der Waals surface area (Å²) in [6.07, 6.45) is 3.71. The van der Waals surface area contributed by atoms with E-state index in [1.165, 1.54) is 6.20 Å². The van der Waals surface area contributed by atoms with Gasteiger partial charge in [-0.3, -0.25) is 20.4 Å². The number of aryl methyl sites for hydroxylation is 2. The first kappa shape index (κ1) is 17.2. The highest BCUT2D eigenvalue weighted by Crippen LogP contribution is 2.18. The van der Waals surface area contributed by atoms with Crippen LogP contribution in [0.15, 0.2) is 24.5 Å². The van der Waals surface area contributed by atoms with Gasteiger partial charge < -0.3 is 4.98 Å². The number of H-pyrrole nitrogens is 1. The van der Waals surface area contributed by atoms with Gasteiger partial charge in [0.25, 0.3) is 5.91 Å². The fourth-order valence-electron chi connectivity index (χ4n) is 2.72. The largest absolute Gasteiger partial charge is 0.357 e. The molecule has 0 unspecified atom stereocenters. The number of carbonyl (C=O) groups is 2. The first-order valence-electron chi connectivity index (χ1n) is 7.97. The Morgan fingerprint density at radius 1 is 1.35 bits per heavy atom. The zero-order valence-corrected chi connectivity index (χ0v) is 14.3. The van der Waals surface area contributed by atoms with E-state index >= 15 is 0 Å². The molecule has 0 spiro atoms. The van der Waals surface area contributed by atoms with Crippen molar-refractivity contribution in [1.29, 1.82) is 5.26 Å². The summed E-state index contributed by atoms with van der Waals surface area (Å²) in [5, 5.41) is 13.3. The van der Waals surface area contributed by atoms with Crippen LogP contribution in [0.2, 0.25) is 0 Å². The van der Waals surface area contributed by atoms with Crippen molar-refractivity contribution in [2.75, 3.05) is 0 Å². The van der Waals surface area contributed by atoms with E-state index in [2.05, 4.69) is 32.0 Å². The predicted molar refractivity (Wildman–Crippen MR) is 91.9 cm³/mol. The molecule has 0 atom stereocenters. The maximum Gasteiger partial charge on any atom is 0.286 e. The Balaban J connectivity index is 1.65. The maximum atomic E-state index is 12.0. The van der Waals surface area contributed by atoms with E-state index < -0.39 is 5.91 Å². The van der Waals surface area contributed by atoms with Gasteiger partial charge in [0.1, 0.15) is 17.3 Å². The van der Waals surface area contributed by atoms with E-state index in [0.29, 0.717) is 23.3 Å². The number of nitrogens with one attached hydrogen (secondary N) is 3. The monoisotopic (exact) mass is 351 g/mol. The third kappa shape index (κ3) is 3.25. The molecule has 0 aliphatic heterocycles. The van der Waals surface area contributed by atoms with Gasteiger partial charge in [0.15, 0.2) is 5.65 Å². The highest BCUT2D eigenvalue weighted by molar-refractivity contribution is 5.93. The summed E-state index contributed by atoms with van der Waals surface area (Å²) >= 11 is 0. The van der Waals surface area contributed by atoms with Crippen molar-refractivity contribution < 1.29 is 9.59 Å². The first-order valence-corrected chi connectivity index (χ1v) is 7.97. The van der Waals surface area contributed by atoms with E-state index in [1.807, 2.05) is 13.8 Å². The minimum absolute atomic E-state index is 0.173. The molecule has 9 nitrogen and oxygen atoms in total. The van der Waals surface area contributed by atoms with Crippen molar-refractivity contribution in [2.45, 2.75) is 26.7 Å². The summed E-state index contributed by atoms with van der Waals surface area (Å²) in [5.41, 5.74) is 8.48. The van der Waals surface area contributed by atoms with Gasteiger partial charge >= 0.3 is 0 Å². The second kappa shape index (κ2) is 7.06. The van der Waals surface area contributed by atoms with E-state index in [0.717, 1.165) is 17.0 Å². The fourth-order valence-corrected chi connectivity index (χ4v) is 2.72. The SMILES string of the molecule is Cc1nc2c(C#N)cnn2c(C)c1CCC(=O)NNC(=O)c1ccc[nH]1. The molecular weight excluding hydrogens is 334 g/mol. The number of nitrogens with zero attached hydrogens (tertiary/aromatic N) is 4. The van der Waals surface area contributed by atoms with E-state index in [4.69, 9.17) is 5.26 Å². The summed E-state index contributed by atoms with van der Waals surface area (Å²) in [6.45, 7) is 3.71. The molecule has 9 heteroatoms. The van der Waals surface area contributed by atoms with Gasteiger partial charge in [-0.1, -0.05) is 0 Å². The summed E-state index contributed by atoms with van der Waals surface area (Å²) in [7, 11) is 0. The number of nitriles is 1. The summed E-state index contributed by atoms with van der Waals surface area (Å²) in [6, 6.07) is 5.36. The number of hydrogen-bond acceptors (Lipinski definition) is 5. The number of amides is 2. The molecule has 0 saturated heterocycles. The summed E-state index contributed by atoms with van der Waals surface area (Å²) < 4.78 is 1.60. The quantitative estimate of drug-likeness (QED) is 0.603.